The van der Waals surface area contributed by atoms with Gasteiger partial charge in [0, 0.05) is 36.8 Å². The van der Waals surface area contributed by atoms with E-state index in [1.165, 1.54) is 24.1 Å². The van der Waals surface area contributed by atoms with Crippen molar-refractivity contribution < 1.29 is 44.3 Å². The number of nitrogens with two attached hydrogens (primary N) is 1. The van der Waals surface area contributed by atoms with Crippen molar-refractivity contribution in [3.05, 3.63) is 63.9 Å². The molecule has 3 aliphatic carbocycles. The number of aliphatic hydroxyl groups is 3. The first-order valence-electron chi connectivity index (χ1n) is 13.6. The minimum atomic E-state index is -2.72. The fraction of sp³-hybridized carbons (Fsp3) is 0.355. The summed E-state index contributed by atoms with van der Waals surface area (Å²) in [6, 6.07) is 6.85. The minimum Gasteiger partial charge on any atom is -0.508 e. The van der Waals surface area contributed by atoms with E-state index in [9.17, 15) is 39.6 Å². The van der Waals surface area contributed by atoms with Gasteiger partial charge < -0.3 is 35.8 Å². The molecule has 3 aliphatic rings. The number of nitrogens with zero attached hydrogens (tertiary/aromatic N) is 2. The smallest absolute Gasteiger partial charge is 0.337 e. The number of phenols is 1. The number of benzene rings is 2. The highest BCUT2D eigenvalue weighted by molar-refractivity contribution is 6.24. The number of carbonyl (C=O) groups excluding carboxylic acids is 4. The summed E-state index contributed by atoms with van der Waals surface area (Å²) in [5.41, 5.74) is 3.85. The third-order valence-electron chi connectivity index (χ3n) is 8.80. The molecule has 6 N–H and O–H groups in total. The SMILES string of the molecule is COC(=O)c1ccc(-c2cc(N(C)C)c3c(c2O)C(O)=C2C(=O)C4(O)C(O)=C(C(N)=O)C(=O)C(N(C)C)C4CC2C3)cc1. The van der Waals surface area contributed by atoms with Gasteiger partial charge in [-0.1, -0.05) is 12.1 Å². The van der Waals surface area contributed by atoms with E-state index in [0.29, 0.717) is 27.9 Å². The van der Waals surface area contributed by atoms with Crippen LogP contribution in [0.3, 0.4) is 0 Å². The molecule has 5 rings (SSSR count). The lowest BCUT2D eigenvalue weighted by Gasteiger charge is -2.50. The molecule has 226 valence electrons. The van der Waals surface area contributed by atoms with Gasteiger partial charge in [0.05, 0.1) is 24.3 Å². The van der Waals surface area contributed by atoms with Crippen molar-refractivity contribution in [3.63, 3.8) is 0 Å². The summed E-state index contributed by atoms with van der Waals surface area (Å²) in [6.07, 6.45) is 0.160. The van der Waals surface area contributed by atoms with E-state index in [-0.39, 0.29) is 29.7 Å². The zero-order valence-corrected chi connectivity index (χ0v) is 24.3. The third-order valence-corrected chi connectivity index (χ3v) is 8.80. The first kappa shape index (κ1) is 29.8. The maximum absolute atomic E-state index is 14.1. The minimum absolute atomic E-state index is 0.00384. The Morgan fingerprint density at radius 1 is 1.05 bits per heavy atom. The van der Waals surface area contributed by atoms with Crippen molar-refractivity contribution in [3.8, 4) is 16.9 Å². The number of ketones is 2. The number of aliphatic hydroxyl groups excluding tert-OH is 2. The summed E-state index contributed by atoms with van der Waals surface area (Å²) < 4.78 is 4.75. The predicted octanol–water partition coefficient (Wildman–Crippen LogP) is 1.48. The van der Waals surface area contributed by atoms with Crippen molar-refractivity contribution >= 4 is 34.9 Å². The molecule has 1 saturated carbocycles. The standard InChI is InChI=1S/C31H33N3O9/c1-33(2)19-12-16(13-6-8-14(9-7-13)30(41)43-5)24(35)21-17(19)10-15-11-18-23(34(3)4)26(37)22(29(32)40)28(39)31(18,42)27(38)20(15)25(21)36/h6-9,12,15,18,23,35-36,39,42H,10-11H2,1-5H3,(H2,32,40). The summed E-state index contributed by atoms with van der Waals surface area (Å²) in [6.45, 7) is 0. The van der Waals surface area contributed by atoms with E-state index in [1.54, 1.807) is 51.3 Å². The number of amides is 1. The van der Waals surface area contributed by atoms with Crippen LogP contribution in [0.25, 0.3) is 16.9 Å². The quantitative estimate of drug-likeness (QED) is 0.250. The molecule has 12 nitrogen and oxygen atoms in total. The molecule has 1 fully saturated rings. The molecule has 1 amide bonds. The number of Topliss-reactive ketones (excluding diaryl/α,β-unsaturated/α-hetero) is 2. The summed E-state index contributed by atoms with van der Waals surface area (Å²) >= 11 is 0. The van der Waals surface area contributed by atoms with Crippen LogP contribution in [0.2, 0.25) is 0 Å². The van der Waals surface area contributed by atoms with Crippen LogP contribution >= 0.6 is 0 Å². The van der Waals surface area contributed by atoms with Gasteiger partial charge in [0.15, 0.2) is 11.4 Å². The normalized spacial score (nSPS) is 24.9. The van der Waals surface area contributed by atoms with Crippen molar-refractivity contribution in [2.75, 3.05) is 40.2 Å². The molecule has 2 aromatic rings. The Morgan fingerprint density at radius 3 is 2.21 bits per heavy atom. The number of likely N-dealkylation sites (N-methyl/N-ethyl adjacent to an activating group) is 1. The molecule has 0 aromatic heterocycles. The summed E-state index contributed by atoms with van der Waals surface area (Å²) in [5.74, 6) is -7.61. The van der Waals surface area contributed by atoms with Crippen molar-refractivity contribution in [1.82, 2.24) is 4.90 Å². The number of esters is 1. The number of ether oxygens (including phenoxy) is 1. The van der Waals surface area contributed by atoms with E-state index < -0.39 is 64.0 Å². The predicted molar refractivity (Wildman–Crippen MR) is 155 cm³/mol. The molecule has 4 unspecified atom stereocenters. The lowest BCUT2D eigenvalue weighted by atomic mass is 9.57. The highest BCUT2D eigenvalue weighted by Gasteiger charge is 2.64. The average Bonchev–Trinajstić information content (AvgIpc) is 2.94. The second-order valence-electron chi connectivity index (χ2n) is 11.6. The molecule has 0 saturated heterocycles. The number of carbonyl (C=O) groups is 4. The van der Waals surface area contributed by atoms with Crippen molar-refractivity contribution in [2.24, 2.45) is 17.6 Å². The van der Waals surface area contributed by atoms with Crippen LogP contribution in [0.4, 0.5) is 5.69 Å². The molecule has 12 heteroatoms. The topological polar surface area (TPSA) is 191 Å². The Hall–Kier alpha value is -4.68. The zero-order valence-electron chi connectivity index (χ0n) is 24.3. The number of methoxy groups -OCH3 is 1. The molecule has 2 aromatic carbocycles. The van der Waals surface area contributed by atoms with Gasteiger partial charge in [0.2, 0.25) is 5.78 Å². The van der Waals surface area contributed by atoms with Gasteiger partial charge in [-0.15, -0.1) is 0 Å². The Labute approximate surface area is 247 Å². The molecule has 0 heterocycles. The van der Waals surface area contributed by atoms with Crippen LogP contribution in [0.5, 0.6) is 5.75 Å². The number of aromatic hydroxyl groups is 1. The number of fused-ring (bicyclic) bond motifs is 3. The molecular weight excluding hydrogens is 558 g/mol. The van der Waals surface area contributed by atoms with Gasteiger partial charge in [-0.25, -0.2) is 4.79 Å². The first-order chi connectivity index (χ1) is 20.2. The van der Waals surface area contributed by atoms with Crippen molar-refractivity contribution in [1.29, 1.82) is 0 Å². The molecule has 0 radical (unpaired) electrons. The number of hydrogen-bond acceptors (Lipinski definition) is 11. The Kier molecular flexibility index (Phi) is 7.10. The highest BCUT2D eigenvalue weighted by atomic mass is 16.5. The van der Waals surface area contributed by atoms with E-state index >= 15 is 0 Å². The second-order valence-corrected chi connectivity index (χ2v) is 11.6. The van der Waals surface area contributed by atoms with Crippen LogP contribution in [0.1, 0.15) is 27.9 Å². The molecule has 0 bridgehead atoms. The van der Waals surface area contributed by atoms with Crippen molar-refractivity contribution in [2.45, 2.75) is 24.5 Å². The summed E-state index contributed by atoms with van der Waals surface area (Å²) in [4.78, 5) is 54.8. The Morgan fingerprint density at radius 2 is 1.67 bits per heavy atom. The molecule has 0 aliphatic heterocycles. The second kappa shape index (κ2) is 10.2. The maximum atomic E-state index is 14.1. The monoisotopic (exact) mass is 591 g/mol. The van der Waals surface area contributed by atoms with Gasteiger partial charge >= 0.3 is 5.97 Å². The number of hydrogen-bond donors (Lipinski definition) is 5. The van der Waals surface area contributed by atoms with E-state index in [2.05, 4.69) is 0 Å². The van der Waals surface area contributed by atoms with Gasteiger partial charge in [-0.2, -0.15) is 0 Å². The van der Waals surface area contributed by atoms with Crippen LogP contribution in [0, 0.1) is 11.8 Å². The number of phenolic OH excluding ortho intramolecular Hbond substituents is 1. The molecule has 0 spiro atoms. The maximum Gasteiger partial charge on any atom is 0.337 e. The summed E-state index contributed by atoms with van der Waals surface area (Å²) in [5, 5.41) is 46.1. The lowest BCUT2D eigenvalue weighted by Crippen LogP contribution is -2.65. The molecule has 43 heavy (non-hydrogen) atoms. The van der Waals surface area contributed by atoms with E-state index in [1.807, 2.05) is 0 Å². The molecule has 4 atom stereocenters. The molecular formula is C31H33N3O9. The Bertz CT molecular complexity index is 1660. The fourth-order valence-electron chi connectivity index (χ4n) is 6.81. The van der Waals surface area contributed by atoms with Gasteiger partial charge in [-0.05, 0) is 62.2 Å². The first-order valence-corrected chi connectivity index (χ1v) is 13.6. The number of primary amides is 1. The van der Waals surface area contributed by atoms with Gasteiger partial charge in [0.1, 0.15) is 22.8 Å². The fourth-order valence-corrected chi connectivity index (χ4v) is 6.81. The van der Waals surface area contributed by atoms with E-state index in [0.717, 1.165) is 0 Å². The van der Waals surface area contributed by atoms with Crippen LogP contribution < -0.4 is 10.6 Å². The largest absolute Gasteiger partial charge is 0.508 e. The third kappa shape index (κ3) is 4.20. The zero-order chi connectivity index (χ0) is 31.7. The van der Waals surface area contributed by atoms with Crippen LogP contribution in [-0.2, 0) is 25.5 Å². The summed E-state index contributed by atoms with van der Waals surface area (Å²) in [7, 11) is 7.94. The van der Waals surface area contributed by atoms with Crippen LogP contribution in [0.15, 0.2) is 47.2 Å². The van der Waals surface area contributed by atoms with Gasteiger partial charge in [-0.3, -0.25) is 19.3 Å². The van der Waals surface area contributed by atoms with Gasteiger partial charge in [0.25, 0.3) is 5.91 Å². The van der Waals surface area contributed by atoms with E-state index in [4.69, 9.17) is 10.5 Å². The van der Waals surface area contributed by atoms with Crippen LogP contribution in [-0.4, -0.2) is 95.7 Å². The number of anilines is 1. The lowest BCUT2D eigenvalue weighted by molar-refractivity contribution is -0.153. The number of rotatable bonds is 5. The average molecular weight is 592 g/mol. The highest BCUT2D eigenvalue weighted by Crippen LogP contribution is 2.54. The Balaban J connectivity index is 1.73.